The highest BCUT2D eigenvalue weighted by Crippen LogP contribution is 2.19. The maximum absolute atomic E-state index is 9.69. The molecule has 5 heteroatoms. The van der Waals surface area contributed by atoms with Crippen LogP contribution in [-0.4, -0.2) is 30.5 Å². The highest BCUT2D eigenvalue weighted by molar-refractivity contribution is 7.09. The van der Waals surface area contributed by atoms with Gasteiger partial charge in [-0.1, -0.05) is 18.9 Å². The van der Waals surface area contributed by atoms with E-state index in [4.69, 9.17) is 9.57 Å². The van der Waals surface area contributed by atoms with Crippen molar-refractivity contribution < 1.29 is 14.7 Å². The lowest BCUT2D eigenvalue weighted by Crippen LogP contribution is -2.32. The minimum Gasteiger partial charge on any atom is -0.389 e. The van der Waals surface area contributed by atoms with Crippen LogP contribution in [0.5, 0.6) is 0 Å². The number of rotatable bonds is 8. The van der Waals surface area contributed by atoms with E-state index in [1.165, 1.54) is 17.7 Å². The lowest BCUT2D eigenvalue weighted by atomic mass is 10.3. The van der Waals surface area contributed by atoms with E-state index in [9.17, 15) is 5.11 Å². The van der Waals surface area contributed by atoms with Gasteiger partial charge in [0.25, 0.3) is 0 Å². The maximum Gasteiger partial charge on any atom is 0.0921 e. The molecule has 0 spiro atoms. The zero-order chi connectivity index (χ0) is 12.6. The molecule has 0 radical (unpaired) electrons. The van der Waals surface area contributed by atoms with E-state index in [0.29, 0.717) is 25.9 Å². The first kappa shape index (κ1) is 14.0. The number of nitrogens with one attached hydrogen (secondary N) is 1. The van der Waals surface area contributed by atoms with Crippen LogP contribution >= 0.6 is 11.3 Å². The Hall–Kier alpha value is -0.460. The average Bonchev–Trinajstić information content (AvgIpc) is 3.01. The van der Waals surface area contributed by atoms with E-state index in [-0.39, 0.29) is 0 Å². The first-order valence-electron chi connectivity index (χ1n) is 6.51. The van der Waals surface area contributed by atoms with E-state index in [0.717, 1.165) is 12.8 Å². The molecule has 1 aromatic heterocycles. The molecule has 2 rings (SSSR count). The van der Waals surface area contributed by atoms with Crippen molar-refractivity contribution in [1.82, 2.24) is 5.48 Å². The summed E-state index contributed by atoms with van der Waals surface area (Å²) in [6.45, 7) is 1.32. The topological polar surface area (TPSA) is 50.7 Å². The fraction of sp³-hybridized carbons (Fsp3) is 0.692. The van der Waals surface area contributed by atoms with E-state index in [1.807, 2.05) is 17.5 Å². The van der Waals surface area contributed by atoms with Gasteiger partial charge in [0, 0.05) is 11.4 Å². The summed E-state index contributed by atoms with van der Waals surface area (Å²) in [6.07, 6.45) is 4.55. The number of aliphatic hydroxyl groups is 1. The number of hydrogen-bond donors (Lipinski definition) is 2. The highest BCUT2D eigenvalue weighted by atomic mass is 32.1. The van der Waals surface area contributed by atoms with E-state index >= 15 is 0 Å². The van der Waals surface area contributed by atoms with Crippen molar-refractivity contribution in [2.24, 2.45) is 0 Å². The summed E-state index contributed by atoms with van der Waals surface area (Å²) in [5, 5.41) is 11.7. The van der Waals surface area contributed by atoms with Crippen LogP contribution in [0.4, 0.5) is 0 Å². The monoisotopic (exact) mass is 271 g/mol. The Labute approximate surface area is 112 Å². The molecular weight excluding hydrogens is 250 g/mol. The number of aliphatic hydroxyl groups excluding tert-OH is 1. The molecule has 18 heavy (non-hydrogen) atoms. The van der Waals surface area contributed by atoms with Crippen molar-refractivity contribution in [1.29, 1.82) is 0 Å². The molecule has 1 aromatic rings. The van der Waals surface area contributed by atoms with Gasteiger partial charge in [-0.3, -0.25) is 4.84 Å². The zero-order valence-electron chi connectivity index (χ0n) is 10.5. The Morgan fingerprint density at radius 3 is 3.00 bits per heavy atom. The second kappa shape index (κ2) is 7.86. The third-order valence-corrected chi connectivity index (χ3v) is 3.86. The molecule has 1 aliphatic rings. The summed E-state index contributed by atoms with van der Waals surface area (Å²) in [6, 6.07) is 4.02. The lowest BCUT2D eigenvalue weighted by Gasteiger charge is -2.15. The number of thiophene rings is 1. The molecule has 0 amide bonds. The Morgan fingerprint density at radius 2 is 2.28 bits per heavy atom. The second-order valence-corrected chi connectivity index (χ2v) is 5.65. The largest absolute Gasteiger partial charge is 0.389 e. The molecular formula is C13H21NO3S. The van der Waals surface area contributed by atoms with Crippen LogP contribution in [-0.2, 0) is 16.2 Å². The van der Waals surface area contributed by atoms with Crippen LogP contribution < -0.4 is 5.48 Å². The predicted octanol–water partition coefficient (Wildman–Crippen LogP) is 2.09. The van der Waals surface area contributed by atoms with Gasteiger partial charge in [-0.15, -0.1) is 11.3 Å². The van der Waals surface area contributed by atoms with Gasteiger partial charge in [-0.2, -0.15) is 5.48 Å². The molecule has 0 saturated heterocycles. The van der Waals surface area contributed by atoms with E-state index in [1.54, 1.807) is 11.3 Å². The average molecular weight is 271 g/mol. The Kier molecular flexibility index (Phi) is 6.10. The van der Waals surface area contributed by atoms with Crippen LogP contribution in [0.3, 0.4) is 0 Å². The van der Waals surface area contributed by atoms with Crippen molar-refractivity contribution in [3.05, 3.63) is 22.4 Å². The number of ether oxygens (including phenoxy) is 1. The van der Waals surface area contributed by atoms with Crippen LogP contribution in [0.25, 0.3) is 0 Å². The molecule has 0 aliphatic heterocycles. The van der Waals surface area contributed by atoms with Crippen molar-refractivity contribution >= 4 is 11.3 Å². The van der Waals surface area contributed by atoms with Crippen LogP contribution in [0, 0.1) is 0 Å². The fourth-order valence-corrected chi connectivity index (χ4v) is 2.66. The molecule has 0 bridgehead atoms. The Morgan fingerprint density at radius 1 is 1.44 bits per heavy atom. The third kappa shape index (κ3) is 5.04. The standard InChI is InChI=1S/C13H21NO3S/c15-11(8-14-17-12-4-1-2-5-12)9-16-10-13-6-3-7-18-13/h3,6-7,11-12,14-15H,1-2,4-5,8-10H2. The Bertz CT molecular complexity index is 312. The van der Waals surface area contributed by atoms with Crippen molar-refractivity contribution in [2.75, 3.05) is 13.2 Å². The lowest BCUT2D eigenvalue weighted by molar-refractivity contribution is -0.0510. The van der Waals surface area contributed by atoms with Crippen LogP contribution in [0.1, 0.15) is 30.6 Å². The zero-order valence-corrected chi connectivity index (χ0v) is 11.3. The van der Waals surface area contributed by atoms with E-state index < -0.39 is 6.10 Å². The van der Waals surface area contributed by atoms with E-state index in [2.05, 4.69) is 5.48 Å². The van der Waals surface area contributed by atoms with Gasteiger partial charge in [-0.25, -0.2) is 0 Å². The molecule has 1 fully saturated rings. The smallest absolute Gasteiger partial charge is 0.0921 e. The van der Waals surface area contributed by atoms with Crippen LogP contribution in [0.2, 0.25) is 0 Å². The minimum atomic E-state index is -0.522. The fourth-order valence-electron chi connectivity index (χ4n) is 2.02. The summed E-state index contributed by atoms with van der Waals surface area (Å²) in [5.74, 6) is 0. The maximum atomic E-state index is 9.69. The second-order valence-electron chi connectivity index (χ2n) is 4.62. The van der Waals surface area contributed by atoms with Gasteiger partial charge in [0.15, 0.2) is 0 Å². The van der Waals surface area contributed by atoms with Crippen molar-refractivity contribution in [3.63, 3.8) is 0 Å². The minimum absolute atomic E-state index is 0.323. The number of hydroxylamine groups is 1. The molecule has 4 nitrogen and oxygen atoms in total. The van der Waals surface area contributed by atoms with Crippen molar-refractivity contribution in [3.8, 4) is 0 Å². The summed E-state index contributed by atoms with van der Waals surface area (Å²) >= 11 is 1.66. The first-order chi connectivity index (χ1) is 8.84. The molecule has 1 heterocycles. The van der Waals surface area contributed by atoms with Gasteiger partial charge in [0.2, 0.25) is 0 Å². The summed E-state index contributed by atoms with van der Waals surface area (Å²) in [4.78, 5) is 6.64. The van der Waals surface area contributed by atoms with Gasteiger partial charge in [-0.05, 0) is 24.3 Å². The molecule has 0 aromatic carbocycles. The SMILES string of the molecule is OC(CNOC1CCCC1)COCc1cccs1. The van der Waals surface area contributed by atoms with Crippen molar-refractivity contribution in [2.45, 2.75) is 44.5 Å². The summed E-state index contributed by atoms with van der Waals surface area (Å²) in [7, 11) is 0. The Balaban J connectivity index is 1.48. The molecule has 1 unspecified atom stereocenters. The molecule has 1 atom stereocenters. The van der Waals surface area contributed by atoms with Gasteiger partial charge >= 0.3 is 0 Å². The predicted molar refractivity (Wildman–Crippen MR) is 71.3 cm³/mol. The normalized spacial score (nSPS) is 18.3. The van der Waals surface area contributed by atoms with Gasteiger partial charge < -0.3 is 9.84 Å². The highest BCUT2D eigenvalue weighted by Gasteiger charge is 2.15. The molecule has 1 aliphatic carbocycles. The third-order valence-electron chi connectivity index (χ3n) is 3.01. The first-order valence-corrected chi connectivity index (χ1v) is 7.39. The summed E-state index contributed by atoms with van der Waals surface area (Å²) in [5.41, 5.74) is 2.84. The molecule has 102 valence electrons. The molecule has 2 N–H and O–H groups in total. The van der Waals surface area contributed by atoms with Crippen LogP contribution in [0.15, 0.2) is 17.5 Å². The van der Waals surface area contributed by atoms with Gasteiger partial charge in [0.05, 0.1) is 25.4 Å². The summed E-state index contributed by atoms with van der Waals surface area (Å²) < 4.78 is 5.43. The van der Waals surface area contributed by atoms with Gasteiger partial charge in [0.1, 0.15) is 0 Å². The number of hydrogen-bond acceptors (Lipinski definition) is 5. The molecule has 1 saturated carbocycles. The quantitative estimate of drug-likeness (QED) is 0.711.